The number of amides is 1. The highest BCUT2D eigenvalue weighted by atomic mass is 16.4. The average Bonchev–Trinajstić information content (AvgIpc) is 2.20. The first-order valence-electron chi connectivity index (χ1n) is 4.55. The molecule has 0 aromatic carbocycles. The molecule has 0 unspecified atom stereocenters. The van der Waals surface area contributed by atoms with Gasteiger partial charge in [0.05, 0.1) is 11.8 Å². The average molecular weight is 237 g/mol. The van der Waals surface area contributed by atoms with E-state index in [1.807, 2.05) is 0 Å². The number of carboxylic acids is 1. The van der Waals surface area contributed by atoms with Crippen molar-refractivity contribution >= 4 is 11.9 Å². The molecule has 0 aliphatic rings. The molecule has 8 nitrogen and oxygen atoms in total. The van der Waals surface area contributed by atoms with Gasteiger partial charge in [-0.1, -0.05) is 0 Å². The summed E-state index contributed by atoms with van der Waals surface area (Å²) in [5.41, 5.74) is 3.73. The van der Waals surface area contributed by atoms with Crippen molar-refractivity contribution in [3.05, 3.63) is 0 Å². The molecule has 0 aliphatic heterocycles. The standard InChI is InChI=1S/C8H15NO5.H4N2/c9-7(14)8(1-3-10,2-4-11)5-6(12)13;1-2/h10-11H,1-5H2,(H2,9,14)(H,12,13);1-2H2. The van der Waals surface area contributed by atoms with Crippen molar-refractivity contribution in [3.63, 3.8) is 0 Å². The first-order valence-corrected chi connectivity index (χ1v) is 4.55. The van der Waals surface area contributed by atoms with Crippen LogP contribution in [0.4, 0.5) is 0 Å². The molecule has 8 heteroatoms. The number of primary amides is 1. The van der Waals surface area contributed by atoms with Crippen LogP contribution in [-0.4, -0.2) is 40.4 Å². The van der Waals surface area contributed by atoms with Gasteiger partial charge in [0.1, 0.15) is 0 Å². The van der Waals surface area contributed by atoms with Crippen LogP contribution in [0.3, 0.4) is 0 Å². The third kappa shape index (κ3) is 5.61. The van der Waals surface area contributed by atoms with Crippen molar-refractivity contribution in [2.24, 2.45) is 22.8 Å². The number of aliphatic carboxylic acids is 1. The molecule has 1 amide bonds. The summed E-state index contributed by atoms with van der Waals surface area (Å²) < 4.78 is 0. The van der Waals surface area contributed by atoms with Crippen molar-refractivity contribution in [1.82, 2.24) is 0 Å². The second-order valence-electron chi connectivity index (χ2n) is 3.16. The zero-order chi connectivity index (χ0) is 13.2. The van der Waals surface area contributed by atoms with Crippen LogP contribution in [0.15, 0.2) is 0 Å². The van der Waals surface area contributed by atoms with Crippen molar-refractivity contribution < 1.29 is 24.9 Å². The number of carbonyl (C=O) groups is 2. The highest BCUT2D eigenvalue weighted by molar-refractivity contribution is 5.85. The summed E-state index contributed by atoms with van der Waals surface area (Å²) in [5, 5.41) is 26.0. The topological polar surface area (TPSA) is 173 Å². The number of hydrogen-bond donors (Lipinski definition) is 6. The Morgan fingerprint density at radius 1 is 1.06 bits per heavy atom. The summed E-state index contributed by atoms with van der Waals surface area (Å²) in [6, 6.07) is 0. The molecule has 0 rings (SSSR count). The summed E-state index contributed by atoms with van der Waals surface area (Å²) in [5.74, 6) is 6.02. The highest BCUT2D eigenvalue weighted by Gasteiger charge is 2.37. The first-order chi connectivity index (χ1) is 7.48. The Labute approximate surface area is 93.0 Å². The Hall–Kier alpha value is -1.22. The van der Waals surface area contributed by atoms with Crippen LogP contribution >= 0.6 is 0 Å². The zero-order valence-corrected chi connectivity index (χ0v) is 8.93. The number of aliphatic hydroxyl groups excluding tert-OH is 2. The van der Waals surface area contributed by atoms with E-state index in [4.69, 9.17) is 21.1 Å². The maximum Gasteiger partial charge on any atom is 0.304 e. The lowest BCUT2D eigenvalue weighted by atomic mass is 9.78. The Bertz CT molecular complexity index is 216. The van der Waals surface area contributed by atoms with Crippen molar-refractivity contribution in [3.8, 4) is 0 Å². The molecule has 0 saturated heterocycles. The number of aliphatic hydroxyl groups is 2. The van der Waals surface area contributed by atoms with Crippen LogP contribution in [0.5, 0.6) is 0 Å². The number of carboxylic acid groups (broad SMARTS) is 1. The fourth-order valence-corrected chi connectivity index (χ4v) is 1.35. The SMILES string of the molecule is NC(=O)C(CCO)(CCO)CC(=O)O.NN. The Morgan fingerprint density at radius 3 is 1.62 bits per heavy atom. The van der Waals surface area contributed by atoms with Crippen LogP contribution < -0.4 is 17.4 Å². The van der Waals surface area contributed by atoms with E-state index in [9.17, 15) is 9.59 Å². The molecule has 0 spiro atoms. The number of hydrogen-bond acceptors (Lipinski definition) is 6. The molecule has 0 atom stereocenters. The zero-order valence-electron chi connectivity index (χ0n) is 8.93. The van der Waals surface area contributed by atoms with Crippen LogP contribution in [0.1, 0.15) is 19.3 Å². The van der Waals surface area contributed by atoms with Crippen molar-refractivity contribution in [2.75, 3.05) is 13.2 Å². The largest absolute Gasteiger partial charge is 0.481 e. The second kappa shape index (κ2) is 9.04. The quantitative estimate of drug-likeness (QED) is 0.210. The monoisotopic (exact) mass is 237 g/mol. The lowest BCUT2D eigenvalue weighted by Crippen LogP contribution is -2.40. The molecule has 96 valence electrons. The summed E-state index contributed by atoms with van der Waals surface area (Å²) in [4.78, 5) is 21.6. The summed E-state index contributed by atoms with van der Waals surface area (Å²) in [6.45, 7) is -0.674. The number of carbonyl (C=O) groups excluding carboxylic acids is 1. The van der Waals surface area contributed by atoms with Crippen molar-refractivity contribution in [2.45, 2.75) is 19.3 Å². The molecule has 16 heavy (non-hydrogen) atoms. The van der Waals surface area contributed by atoms with Crippen molar-refractivity contribution in [1.29, 1.82) is 0 Å². The van der Waals surface area contributed by atoms with Gasteiger partial charge in [-0.15, -0.1) is 0 Å². The van der Waals surface area contributed by atoms with E-state index in [-0.39, 0.29) is 26.1 Å². The minimum atomic E-state index is -1.34. The molecular formula is C8H19N3O5. The normalized spacial score (nSPS) is 10.2. The fraction of sp³-hybridized carbons (Fsp3) is 0.750. The predicted molar refractivity (Wildman–Crippen MR) is 55.7 cm³/mol. The second-order valence-corrected chi connectivity index (χ2v) is 3.16. The molecule has 0 heterocycles. The van der Waals surface area contributed by atoms with Gasteiger partial charge in [0.2, 0.25) is 5.91 Å². The first kappa shape index (κ1) is 17.2. The lowest BCUT2D eigenvalue weighted by Gasteiger charge is -2.27. The van der Waals surface area contributed by atoms with Crippen LogP contribution in [0.25, 0.3) is 0 Å². The van der Waals surface area contributed by atoms with Gasteiger partial charge in [-0.2, -0.15) is 0 Å². The number of rotatable bonds is 7. The third-order valence-electron chi connectivity index (χ3n) is 2.19. The van der Waals surface area contributed by atoms with Gasteiger partial charge in [0, 0.05) is 13.2 Å². The predicted octanol–water partition coefficient (Wildman–Crippen LogP) is -2.48. The van der Waals surface area contributed by atoms with Crippen LogP contribution in [0, 0.1) is 5.41 Å². The molecule has 0 aromatic rings. The summed E-state index contributed by atoms with van der Waals surface area (Å²) in [7, 11) is 0. The van der Waals surface area contributed by atoms with Gasteiger partial charge >= 0.3 is 5.97 Å². The van der Waals surface area contributed by atoms with Gasteiger partial charge in [0.15, 0.2) is 0 Å². The van der Waals surface area contributed by atoms with E-state index in [0.717, 1.165) is 0 Å². The molecule has 0 aliphatic carbocycles. The Balaban J connectivity index is 0. The maximum absolute atomic E-state index is 11.1. The number of hydrazine groups is 1. The van der Waals surface area contributed by atoms with E-state index >= 15 is 0 Å². The smallest absolute Gasteiger partial charge is 0.304 e. The third-order valence-corrected chi connectivity index (χ3v) is 2.19. The minimum absolute atomic E-state index is 0.0464. The summed E-state index contributed by atoms with van der Waals surface area (Å²) >= 11 is 0. The van der Waals surface area contributed by atoms with E-state index in [1.54, 1.807) is 0 Å². The maximum atomic E-state index is 11.1. The Kier molecular flexibility index (Phi) is 9.71. The van der Waals surface area contributed by atoms with Crippen LogP contribution in [-0.2, 0) is 9.59 Å². The van der Waals surface area contributed by atoms with E-state index in [0.29, 0.717) is 0 Å². The fourth-order valence-electron chi connectivity index (χ4n) is 1.35. The Morgan fingerprint density at radius 2 is 1.44 bits per heavy atom. The highest BCUT2D eigenvalue weighted by Crippen LogP contribution is 2.30. The molecule has 0 bridgehead atoms. The number of nitrogens with two attached hydrogens (primary N) is 3. The molecule has 0 fully saturated rings. The van der Waals surface area contributed by atoms with E-state index in [1.165, 1.54) is 0 Å². The molecule has 9 N–H and O–H groups in total. The van der Waals surface area contributed by atoms with Gasteiger partial charge in [-0.3, -0.25) is 21.3 Å². The minimum Gasteiger partial charge on any atom is -0.481 e. The van der Waals surface area contributed by atoms with E-state index in [2.05, 4.69) is 11.7 Å². The van der Waals surface area contributed by atoms with Crippen LogP contribution in [0.2, 0.25) is 0 Å². The van der Waals surface area contributed by atoms with E-state index < -0.39 is 23.7 Å². The van der Waals surface area contributed by atoms with Gasteiger partial charge in [-0.25, -0.2) is 0 Å². The molecule has 0 saturated carbocycles. The molecule has 0 radical (unpaired) electrons. The van der Waals surface area contributed by atoms with Gasteiger partial charge in [-0.05, 0) is 12.8 Å². The lowest BCUT2D eigenvalue weighted by molar-refractivity contribution is -0.145. The van der Waals surface area contributed by atoms with Gasteiger partial charge in [0.25, 0.3) is 0 Å². The summed E-state index contributed by atoms with van der Waals surface area (Å²) in [6.07, 6.45) is -0.562. The molecule has 0 aromatic heterocycles. The molecular weight excluding hydrogens is 218 g/mol. The van der Waals surface area contributed by atoms with Gasteiger partial charge < -0.3 is 21.1 Å².